The van der Waals surface area contributed by atoms with Crippen LogP contribution in [0.2, 0.25) is 0 Å². The van der Waals surface area contributed by atoms with Crippen LogP contribution in [0.1, 0.15) is 37.8 Å². The highest BCUT2D eigenvalue weighted by Gasteiger charge is 2.30. The van der Waals surface area contributed by atoms with E-state index in [9.17, 15) is 18.4 Å². The van der Waals surface area contributed by atoms with Crippen molar-refractivity contribution in [2.45, 2.75) is 51.6 Å². The van der Waals surface area contributed by atoms with Crippen molar-refractivity contribution >= 4 is 28.3 Å². The van der Waals surface area contributed by atoms with E-state index in [-0.39, 0.29) is 30.4 Å². The lowest BCUT2D eigenvalue weighted by atomic mass is 9.94. The van der Waals surface area contributed by atoms with Crippen LogP contribution in [0.25, 0.3) is 10.8 Å². The average molecular weight is 497 g/mol. The number of halogens is 2. The average Bonchev–Trinajstić information content (AvgIpc) is 2.84. The third-order valence-corrected chi connectivity index (χ3v) is 6.66. The molecule has 0 spiro atoms. The molecule has 2 aromatic carbocycles. The van der Waals surface area contributed by atoms with Gasteiger partial charge in [0, 0.05) is 18.0 Å². The number of rotatable bonds is 11. The van der Waals surface area contributed by atoms with Gasteiger partial charge < -0.3 is 11.1 Å². The summed E-state index contributed by atoms with van der Waals surface area (Å²) >= 11 is 0. The number of pyridine rings is 1. The van der Waals surface area contributed by atoms with E-state index in [1.807, 2.05) is 57.1 Å². The highest BCUT2D eigenvalue weighted by atomic mass is 19.2. The number of aromatic nitrogens is 1. The Morgan fingerprint density at radius 3 is 2.44 bits per heavy atom. The first-order valence-corrected chi connectivity index (χ1v) is 12.2. The number of likely N-dealkylation sites (N-methyl/N-ethyl adjacent to an activating group) is 1. The number of nitrogens with zero attached hydrogens (tertiary/aromatic N) is 2. The number of anilines is 1. The summed E-state index contributed by atoms with van der Waals surface area (Å²) in [7, 11) is 3.65. The molecule has 1 amide bonds. The van der Waals surface area contributed by atoms with Crippen LogP contribution < -0.4 is 11.1 Å². The van der Waals surface area contributed by atoms with Crippen LogP contribution in [0.4, 0.5) is 14.6 Å². The van der Waals surface area contributed by atoms with E-state index in [1.54, 1.807) is 6.20 Å². The monoisotopic (exact) mass is 496 g/mol. The van der Waals surface area contributed by atoms with Gasteiger partial charge in [0.1, 0.15) is 5.82 Å². The fourth-order valence-corrected chi connectivity index (χ4v) is 4.48. The molecule has 0 saturated carbocycles. The molecule has 192 valence electrons. The summed E-state index contributed by atoms with van der Waals surface area (Å²) in [5.74, 6) is -1.87. The Balaban J connectivity index is 1.80. The first kappa shape index (κ1) is 27.2. The van der Waals surface area contributed by atoms with Crippen LogP contribution >= 0.6 is 0 Å². The number of ketones is 1. The molecule has 3 aromatic rings. The minimum absolute atomic E-state index is 0.0681. The molecule has 0 aliphatic heterocycles. The zero-order valence-corrected chi connectivity index (χ0v) is 21.2. The lowest BCUT2D eigenvalue weighted by Gasteiger charge is -2.30. The minimum Gasteiger partial charge on any atom is -0.383 e. The number of nitrogen functional groups attached to an aromatic ring is 1. The number of benzene rings is 2. The molecular weight excluding hydrogens is 462 g/mol. The number of Topliss-reactive ketones (excluding diaryl/α,β-unsaturated/α-hetero) is 1. The molecule has 0 aliphatic rings. The fraction of sp³-hybridized carbons (Fsp3) is 0.393. The van der Waals surface area contributed by atoms with Crippen LogP contribution in [0.3, 0.4) is 0 Å². The van der Waals surface area contributed by atoms with Crippen molar-refractivity contribution in [1.82, 2.24) is 15.2 Å². The quantitative estimate of drug-likeness (QED) is 0.413. The van der Waals surface area contributed by atoms with Crippen LogP contribution in [-0.4, -0.2) is 47.8 Å². The molecule has 3 atom stereocenters. The third kappa shape index (κ3) is 6.63. The van der Waals surface area contributed by atoms with Gasteiger partial charge in [-0.2, -0.15) is 0 Å². The van der Waals surface area contributed by atoms with Gasteiger partial charge in [0.25, 0.3) is 0 Å². The predicted octanol–water partition coefficient (Wildman–Crippen LogP) is 4.30. The highest BCUT2D eigenvalue weighted by molar-refractivity contribution is 5.92. The van der Waals surface area contributed by atoms with Crippen molar-refractivity contribution in [3.8, 4) is 0 Å². The standard InChI is InChI=1S/C28H34F2N4O2/c1-5-17(2)26(34(3)4)28(36)33-24(16-19-7-10-22(29)23(30)15-19)25(35)11-8-18-6-9-21-20(14-18)12-13-32-27(21)31/h6-7,9-10,12-15,17,24,26H,5,8,11,16H2,1-4H3,(H2,31,32)(H,33,36)/t17?,24-,26+/m0/s1. The second-order valence-corrected chi connectivity index (χ2v) is 9.53. The summed E-state index contributed by atoms with van der Waals surface area (Å²) in [6, 6.07) is 9.86. The van der Waals surface area contributed by atoms with E-state index >= 15 is 0 Å². The van der Waals surface area contributed by atoms with Crippen molar-refractivity contribution in [2.24, 2.45) is 5.92 Å². The summed E-state index contributed by atoms with van der Waals surface area (Å²) in [6.45, 7) is 3.99. The van der Waals surface area contributed by atoms with Gasteiger partial charge in [0.2, 0.25) is 5.91 Å². The molecule has 36 heavy (non-hydrogen) atoms. The van der Waals surface area contributed by atoms with Gasteiger partial charge in [0.05, 0.1) is 12.1 Å². The number of nitrogens with two attached hydrogens (primary N) is 1. The summed E-state index contributed by atoms with van der Waals surface area (Å²) in [6.07, 6.45) is 3.14. The minimum atomic E-state index is -0.985. The van der Waals surface area contributed by atoms with Gasteiger partial charge in [-0.05, 0) is 67.6 Å². The van der Waals surface area contributed by atoms with Crippen LogP contribution in [-0.2, 0) is 22.4 Å². The number of amides is 1. The number of carbonyl (C=O) groups excluding carboxylic acids is 2. The highest BCUT2D eigenvalue weighted by Crippen LogP contribution is 2.21. The number of fused-ring (bicyclic) bond motifs is 1. The van der Waals surface area contributed by atoms with Crippen LogP contribution in [0.5, 0.6) is 0 Å². The lowest BCUT2D eigenvalue weighted by molar-refractivity contribution is -0.131. The lowest BCUT2D eigenvalue weighted by Crippen LogP contribution is -2.52. The number of aryl methyl sites for hydroxylation is 1. The van der Waals surface area contributed by atoms with E-state index in [2.05, 4.69) is 10.3 Å². The summed E-state index contributed by atoms with van der Waals surface area (Å²) in [4.78, 5) is 32.5. The smallest absolute Gasteiger partial charge is 0.238 e. The fourth-order valence-electron chi connectivity index (χ4n) is 4.48. The van der Waals surface area contributed by atoms with Crippen LogP contribution in [0, 0.1) is 17.6 Å². The van der Waals surface area contributed by atoms with Gasteiger partial charge in [0.15, 0.2) is 17.4 Å². The zero-order chi connectivity index (χ0) is 26.4. The van der Waals surface area contributed by atoms with Crippen molar-refractivity contribution < 1.29 is 18.4 Å². The molecule has 1 aromatic heterocycles. The Hall–Kier alpha value is -3.39. The SMILES string of the molecule is CCC(C)[C@H](C(=O)N[C@@H](Cc1ccc(F)c(F)c1)C(=O)CCc1ccc2c(N)nccc2c1)N(C)C. The number of carbonyl (C=O) groups is 2. The largest absolute Gasteiger partial charge is 0.383 e. The van der Waals surface area contributed by atoms with Crippen LogP contribution in [0.15, 0.2) is 48.7 Å². The van der Waals surface area contributed by atoms with Gasteiger partial charge in [-0.15, -0.1) is 0 Å². The molecule has 6 nitrogen and oxygen atoms in total. The van der Waals surface area contributed by atoms with Crippen molar-refractivity contribution in [2.75, 3.05) is 19.8 Å². The molecule has 3 N–H and O–H groups in total. The van der Waals surface area contributed by atoms with E-state index in [0.717, 1.165) is 34.9 Å². The molecule has 1 unspecified atom stereocenters. The Bertz CT molecular complexity index is 1230. The van der Waals surface area contributed by atoms with Crippen molar-refractivity contribution in [1.29, 1.82) is 0 Å². The molecule has 1 heterocycles. The molecule has 8 heteroatoms. The van der Waals surface area contributed by atoms with Crippen molar-refractivity contribution in [3.63, 3.8) is 0 Å². The maximum Gasteiger partial charge on any atom is 0.238 e. The number of nitrogens with one attached hydrogen (secondary N) is 1. The molecule has 0 saturated heterocycles. The topological polar surface area (TPSA) is 88.3 Å². The molecule has 0 fully saturated rings. The molecule has 3 rings (SSSR count). The number of hydrogen-bond acceptors (Lipinski definition) is 5. The third-order valence-electron chi connectivity index (χ3n) is 6.66. The second-order valence-electron chi connectivity index (χ2n) is 9.53. The Morgan fingerprint density at radius 1 is 1.06 bits per heavy atom. The Morgan fingerprint density at radius 2 is 1.78 bits per heavy atom. The summed E-state index contributed by atoms with van der Waals surface area (Å²) in [5, 5.41) is 4.67. The first-order chi connectivity index (χ1) is 17.1. The Kier molecular flexibility index (Phi) is 9.09. The maximum absolute atomic E-state index is 13.8. The predicted molar refractivity (Wildman–Crippen MR) is 138 cm³/mol. The Labute approximate surface area is 210 Å². The molecule has 0 radical (unpaired) electrons. The van der Waals surface area contributed by atoms with Gasteiger partial charge in [-0.3, -0.25) is 14.5 Å². The van der Waals surface area contributed by atoms with E-state index < -0.39 is 23.7 Å². The first-order valence-electron chi connectivity index (χ1n) is 12.2. The summed E-state index contributed by atoms with van der Waals surface area (Å²) < 4.78 is 27.3. The van der Waals surface area contributed by atoms with Crippen molar-refractivity contribution in [3.05, 3.63) is 71.4 Å². The van der Waals surface area contributed by atoms with E-state index in [0.29, 0.717) is 17.8 Å². The second kappa shape index (κ2) is 12.0. The molecular formula is C28H34F2N4O2. The van der Waals surface area contributed by atoms with E-state index in [1.165, 1.54) is 6.07 Å². The zero-order valence-electron chi connectivity index (χ0n) is 21.2. The van der Waals surface area contributed by atoms with Gasteiger partial charge >= 0.3 is 0 Å². The number of hydrogen-bond donors (Lipinski definition) is 2. The molecule has 0 aliphatic carbocycles. The van der Waals surface area contributed by atoms with E-state index in [4.69, 9.17) is 5.73 Å². The normalized spacial score (nSPS) is 14.0. The molecule has 0 bridgehead atoms. The van der Waals surface area contributed by atoms with Gasteiger partial charge in [-0.1, -0.05) is 44.5 Å². The van der Waals surface area contributed by atoms with Gasteiger partial charge in [-0.25, -0.2) is 13.8 Å². The summed E-state index contributed by atoms with van der Waals surface area (Å²) in [5.41, 5.74) is 7.31. The maximum atomic E-state index is 13.8.